The maximum absolute atomic E-state index is 2.62. The van der Waals surface area contributed by atoms with E-state index in [2.05, 4.69) is 109 Å². The molecule has 2 unspecified atom stereocenters. The van der Waals surface area contributed by atoms with E-state index in [1.54, 1.807) is 33.4 Å². The fourth-order valence-corrected chi connectivity index (χ4v) is 26.6. The molecule has 0 fully saturated rings. The number of fused-ring (bicyclic) bond motifs is 1. The van der Waals surface area contributed by atoms with Crippen LogP contribution in [0, 0.1) is 11.8 Å². The van der Waals surface area contributed by atoms with Gasteiger partial charge < -0.3 is 0 Å². The maximum atomic E-state index is 2.62. The van der Waals surface area contributed by atoms with Crippen LogP contribution in [0.1, 0.15) is 61.9 Å². The van der Waals surface area contributed by atoms with Gasteiger partial charge in [0.05, 0.1) is 0 Å². The van der Waals surface area contributed by atoms with E-state index in [4.69, 9.17) is 0 Å². The average Bonchev–Trinajstić information content (AvgIpc) is 3.19. The average molecular weight is 504 g/mol. The minimum absolute atomic E-state index is 0.384. The van der Waals surface area contributed by atoms with Crippen LogP contribution in [0.4, 0.5) is 0 Å². The predicted molar refractivity (Wildman–Crippen MR) is 134 cm³/mol. The molecule has 0 saturated carbocycles. The molecule has 0 aliphatic heterocycles. The van der Waals surface area contributed by atoms with Gasteiger partial charge >= 0.3 is 198 Å². The zero-order chi connectivity index (χ0) is 22.4. The summed E-state index contributed by atoms with van der Waals surface area (Å²) in [5.41, 5.74) is 12.3. The quantitative estimate of drug-likeness (QED) is 0.368. The van der Waals surface area contributed by atoms with E-state index in [9.17, 15) is 0 Å². The SMILES string of the molecule is CC1=C(C)C(C)[C]([Zr]([CH]2C(C(C)C)=C(c3ccccc3)c3ccccc32)=[Si](C)C)=C1C. The Balaban J connectivity index is 2.03. The van der Waals surface area contributed by atoms with Crippen molar-refractivity contribution in [1.82, 2.24) is 0 Å². The summed E-state index contributed by atoms with van der Waals surface area (Å²) in [6, 6.07) is 20.6. The predicted octanol–water partition coefficient (Wildman–Crippen LogP) is 8.33. The first-order valence-electron chi connectivity index (χ1n) is 11.7. The Morgan fingerprint density at radius 2 is 1.45 bits per heavy atom. The van der Waals surface area contributed by atoms with Crippen molar-refractivity contribution in [2.75, 3.05) is 0 Å². The second-order valence-corrected chi connectivity index (χ2v) is 27.2. The van der Waals surface area contributed by atoms with E-state index in [-0.39, 0.29) is 5.43 Å². The monoisotopic (exact) mass is 502 g/mol. The van der Waals surface area contributed by atoms with Crippen LogP contribution in [0.3, 0.4) is 0 Å². The van der Waals surface area contributed by atoms with Crippen molar-refractivity contribution < 1.29 is 20.4 Å². The molecule has 2 aromatic rings. The van der Waals surface area contributed by atoms with Crippen LogP contribution >= 0.6 is 0 Å². The Morgan fingerprint density at radius 1 is 0.839 bits per heavy atom. The summed E-state index contributed by atoms with van der Waals surface area (Å²) in [6.07, 6.45) is 0. The molecule has 0 radical (unpaired) electrons. The fraction of sp³-hybridized carbons (Fsp3) is 0.379. The molecule has 0 saturated heterocycles. The normalized spacial score (nSPS) is 20.8. The Labute approximate surface area is 197 Å². The molecule has 0 spiro atoms. The van der Waals surface area contributed by atoms with Crippen molar-refractivity contribution >= 4 is 11.0 Å². The van der Waals surface area contributed by atoms with Crippen LogP contribution in [0.5, 0.6) is 0 Å². The zero-order valence-corrected chi connectivity index (χ0v) is 23.9. The molecule has 31 heavy (non-hydrogen) atoms. The minimum atomic E-state index is -2.01. The molecule has 2 aliphatic carbocycles. The molecule has 2 aliphatic rings. The molecule has 0 heterocycles. The molecule has 2 aromatic carbocycles. The summed E-state index contributed by atoms with van der Waals surface area (Å²) in [7, 11) is 0. The van der Waals surface area contributed by atoms with Gasteiger partial charge in [0, 0.05) is 0 Å². The van der Waals surface area contributed by atoms with E-state index in [1.807, 2.05) is 3.28 Å². The number of benzene rings is 2. The molecule has 0 N–H and O–H groups in total. The third kappa shape index (κ3) is 3.79. The summed E-state index contributed by atoms with van der Waals surface area (Å²) in [5.74, 6) is 1.22. The summed E-state index contributed by atoms with van der Waals surface area (Å²) in [4.78, 5) is 0. The molecule has 2 heteroatoms. The van der Waals surface area contributed by atoms with E-state index in [1.165, 1.54) is 11.1 Å². The molecule has 0 amide bonds. The number of hydrogen-bond acceptors (Lipinski definition) is 0. The van der Waals surface area contributed by atoms with Gasteiger partial charge in [-0.1, -0.05) is 0 Å². The van der Waals surface area contributed by atoms with E-state index < -0.39 is 20.4 Å². The van der Waals surface area contributed by atoms with Gasteiger partial charge in [0.15, 0.2) is 0 Å². The van der Waals surface area contributed by atoms with Crippen molar-refractivity contribution in [3.8, 4) is 0 Å². The summed E-state index contributed by atoms with van der Waals surface area (Å²) >= 11 is -2.01. The zero-order valence-electron chi connectivity index (χ0n) is 20.4. The Bertz CT molecular complexity index is 1150. The summed E-state index contributed by atoms with van der Waals surface area (Å²) < 4.78 is 2.60. The van der Waals surface area contributed by atoms with Crippen molar-refractivity contribution in [3.05, 3.63) is 96.9 Å². The van der Waals surface area contributed by atoms with Gasteiger partial charge in [-0.15, -0.1) is 0 Å². The van der Waals surface area contributed by atoms with Gasteiger partial charge in [0.1, 0.15) is 0 Å². The first-order chi connectivity index (χ1) is 14.8. The first-order valence-corrected chi connectivity index (χ1v) is 20.5. The molecule has 2 atom stereocenters. The van der Waals surface area contributed by atoms with Crippen molar-refractivity contribution in [3.63, 3.8) is 0 Å². The third-order valence-electron chi connectivity index (χ3n) is 7.58. The Kier molecular flexibility index (Phi) is 6.62. The number of allylic oxidation sites excluding steroid dienone is 5. The Morgan fingerprint density at radius 3 is 2.00 bits per heavy atom. The van der Waals surface area contributed by atoms with Crippen molar-refractivity contribution in [2.45, 2.75) is 58.3 Å². The van der Waals surface area contributed by atoms with Gasteiger partial charge in [0.2, 0.25) is 0 Å². The molecular weight excluding hydrogens is 468 g/mol. The van der Waals surface area contributed by atoms with Gasteiger partial charge in [-0.25, -0.2) is 0 Å². The molecule has 0 bridgehead atoms. The molecular formula is C29H36SiZr. The van der Waals surface area contributed by atoms with Gasteiger partial charge in [-0.2, -0.15) is 0 Å². The van der Waals surface area contributed by atoms with E-state index >= 15 is 0 Å². The van der Waals surface area contributed by atoms with Crippen molar-refractivity contribution in [1.29, 1.82) is 0 Å². The fourth-order valence-electron chi connectivity index (χ4n) is 5.82. The van der Waals surface area contributed by atoms with Crippen LogP contribution in [0.15, 0.2) is 80.2 Å². The second-order valence-electron chi connectivity index (χ2n) is 9.85. The molecule has 4 rings (SSSR count). The second kappa shape index (κ2) is 8.95. The van der Waals surface area contributed by atoms with Gasteiger partial charge in [-0.3, -0.25) is 0 Å². The van der Waals surface area contributed by atoms with E-state index in [0.717, 1.165) is 0 Å². The van der Waals surface area contributed by atoms with Crippen LogP contribution in [0.25, 0.3) is 5.57 Å². The van der Waals surface area contributed by atoms with Crippen LogP contribution in [0.2, 0.25) is 13.1 Å². The molecule has 0 nitrogen and oxygen atoms in total. The van der Waals surface area contributed by atoms with Crippen LogP contribution in [-0.4, -0.2) is 5.43 Å². The van der Waals surface area contributed by atoms with E-state index in [0.29, 0.717) is 15.5 Å². The van der Waals surface area contributed by atoms with Crippen molar-refractivity contribution in [2.24, 2.45) is 11.8 Å². The third-order valence-corrected chi connectivity index (χ3v) is 26.3. The summed E-state index contributed by atoms with van der Waals surface area (Å²) in [5, 5.41) is 0. The summed E-state index contributed by atoms with van der Waals surface area (Å²) in [6.45, 7) is 19.8. The molecule has 0 aromatic heterocycles. The van der Waals surface area contributed by atoms with Crippen LogP contribution < -0.4 is 0 Å². The topological polar surface area (TPSA) is 0 Å². The van der Waals surface area contributed by atoms with Crippen LogP contribution in [-0.2, 0) is 20.4 Å². The number of hydrogen-bond donors (Lipinski definition) is 0. The first kappa shape index (κ1) is 22.9. The standard InChI is InChI=1S/C18H17.C9H13.C2H6Si.Zr/c1-13(2)17-12-15-10-6-7-11-16(15)18(17)14-8-4-3-5-9-14;1-6-5-7(2)9(4)8(6)3;1-3-2;/h3-13H,1-2H3;6H,1-4H3;1-2H3;. The number of rotatable bonds is 4. The molecule has 160 valence electrons. The Hall–Kier alpha value is -1.24. The van der Waals surface area contributed by atoms with Gasteiger partial charge in [-0.05, 0) is 0 Å². The van der Waals surface area contributed by atoms with Gasteiger partial charge in [0.25, 0.3) is 0 Å².